The van der Waals surface area contributed by atoms with Crippen molar-refractivity contribution in [1.82, 2.24) is 14.7 Å². The SMILES string of the molecule is CCOc1ccc(CC(CN(CCN(CC(=O)[O-])CC(=O)[O-])CC(=O)[O-])N(CC(=O)[O-])CC(=O)[O-])cc1.[Na+].[Na+].[Na+].[Na+].[Na+]. The number of carbonyl (C=O) groups is 5. The summed E-state index contributed by atoms with van der Waals surface area (Å²) in [5.41, 5.74) is 0.652. The van der Waals surface area contributed by atoms with Gasteiger partial charge in [-0.15, -0.1) is 0 Å². The zero-order valence-electron chi connectivity index (χ0n) is 25.3. The number of aliphatic carboxylic acids is 5. The van der Waals surface area contributed by atoms with Gasteiger partial charge in [-0.3, -0.25) is 14.7 Å². The first-order valence-corrected chi connectivity index (χ1v) is 11.3. The predicted octanol–water partition coefficient (Wildman–Crippen LogP) is -22.3. The molecule has 1 aromatic rings. The first-order chi connectivity index (χ1) is 17.4. The van der Waals surface area contributed by atoms with Gasteiger partial charge in [0.2, 0.25) is 0 Å². The van der Waals surface area contributed by atoms with Gasteiger partial charge in [-0.25, -0.2) is 0 Å². The van der Waals surface area contributed by atoms with Gasteiger partial charge < -0.3 is 54.2 Å². The molecule has 0 aliphatic heterocycles. The summed E-state index contributed by atoms with van der Waals surface area (Å²) < 4.78 is 5.38. The summed E-state index contributed by atoms with van der Waals surface area (Å²) in [6.45, 7) is -2.18. The minimum atomic E-state index is -1.57. The molecular formula is C23H28N3Na5O11. The monoisotopic (exact) mass is 637 g/mol. The minimum absolute atomic E-state index is 0. The first kappa shape index (κ1) is 52.8. The number of hydrogen-bond acceptors (Lipinski definition) is 14. The second-order valence-corrected chi connectivity index (χ2v) is 8.15. The van der Waals surface area contributed by atoms with Crippen LogP contribution in [0.1, 0.15) is 12.5 Å². The Labute approximate surface area is 355 Å². The van der Waals surface area contributed by atoms with Gasteiger partial charge in [-0.1, -0.05) is 12.1 Å². The van der Waals surface area contributed by atoms with Crippen molar-refractivity contribution in [2.24, 2.45) is 0 Å². The molecule has 0 amide bonds. The summed E-state index contributed by atoms with van der Waals surface area (Å²) >= 11 is 0. The number of carboxylic acid groups (broad SMARTS) is 5. The number of carboxylic acids is 5. The summed E-state index contributed by atoms with van der Waals surface area (Å²) in [5.74, 6) is -7.21. The standard InChI is InChI=1S/C23H33N3O11.5Na/c1-2-37-18-5-3-16(4-6-18)9-17(26(14-22(33)34)15-23(35)36)10-24(11-19(27)28)7-8-25(12-20(29)30)13-21(31)32;;;;;/h3-6,17H,2,7-15H2,1H3,(H,27,28)(H,29,30)(H,31,32)(H,33,34)(H,35,36);;;;;/q;5*+1/p-5. The molecule has 0 bridgehead atoms. The van der Waals surface area contributed by atoms with Crippen LogP contribution >= 0.6 is 0 Å². The predicted molar refractivity (Wildman–Crippen MR) is 115 cm³/mol. The van der Waals surface area contributed by atoms with E-state index in [4.69, 9.17) is 4.74 Å². The van der Waals surface area contributed by atoms with Crippen LogP contribution in [-0.2, 0) is 30.4 Å². The van der Waals surface area contributed by atoms with Gasteiger partial charge in [-0.05, 0) is 31.0 Å². The fraction of sp³-hybridized carbons (Fsp3) is 0.522. The number of rotatable bonds is 20. The number of hydrogen-bond donors (Lipinski definition) is 0. The molecule has 1 aromatic carbocycles. The normalized spacial score (nSPS) is 10.6. The van der Waals surface area contributed by atoms with E-state index in [0.717, 1.165) is 9.80 Å². The van der Waals surface area contributed by atoms with Crippen LogP contribution < -0.4 is 178 Å². The van der Waals surface area contributed by atoms with Crippen LogP contribution in [0.4, 0.5) is 0 Å². The summed E-state index contributed by atoms with van der Waals surface area (Å²) in [7, 11) is 0. The Kier molecular flexibility index (Phi) is 37.2. The molecule has 1 rings (SSSR count). The van der Waals surface area contributed by atoms with Crippen molar-refractivity contribution < 1.29 is 202 Å². The van der Waals surface area contributed by atoms with E-state index in [2.05, 4.69) is 0 Å². The van der Waals surface area contributed by atoms with Gasteiger partial charge in [0.1, 0.15) is 5.75 Å². The van der Waals surface area contributed by atoms with E-state index in [-0.39, 0.29) is 174 Å². The topological polar surface area (TPSA) is 220 Å². The Hall–Kier alpha value is 1.25. The van der Waals surface area contributed by atoms with E-state index < -0.39 is 68.6 Å². The molecule has 1 atom stereocenters. The first-order valence-electron chi connectivity index (χ1n) is 11.3. The molecule has 19 heteroatoms. The van der Waals surface area contributed by atoms with Gasteiger partial charge in [0.15, 0.2) is 0 Å². The van der Waals surface area contributed by atoms with Crippen LogP contribution in [0.5, 0.6) is 5.75 Å². The molecular weight excluding hydrogens is 609 g/mol. The third kappa shape index (κ3) is 25.4. The van der Waals surface area contributed by atoms with E-state index in [9.17, 15) is 49.5 Å². The summed E-state index contributed by atoms with van der Waals surface area (Å²) in [6.07, 6.45) is 0.0817. The van der Waals surface area contributed by atoms with Gasteiger partial charge in [0.25, 0.3) is 0 Å². The van der Waals surface area contributed by atoms with Crippen molar-refractivity contribution in [3.05, 3.63) is 29.8 Å². The number of nitrogens with zero attached hydrogens (tertiary/aromatic N) is 3. The van der Waals surface area contributed by atoms with E-state index in [1.807, 2.05) is 0 Å². The maximum Gasteiger partial charge on any atom is 1.00 e. The van der Waals surface area contributed by atoms with Gasteiger partial charge in [-0.2, -0.15) is 0 Å². The Bertz CT molecular complexity index is 913. The third-order valence-corrected chi connectivity index (χ3v) is 5.15. The van der Waals surface area contributed by atoms with Gasteiger partial charge >= 0.3 is 148 Å². The van der Waals surface area contributed by atoms with E-state index >= 15 is 0 Å². The summed E-state index contributed by atoms with van der Waals surface area (Å²) in [4.78, 5) is 59.1. The molecule has 0 N–H and O–H groups in total. The third-order valence-electron chi connectivity index (χ3n) is 5.15. The zero-order valence-corrected chi connectivity index (χ0v) is 35.3. The Morgan fingerprint density at radius 3 is 1.40 bits per heavy atom. The van der Waals surface area contributed by atoms with Crippen molar-refractivity contribution >= 4 is 29.8 Å². The smallest absolute Gasteiger partial charge is 0.549 e. The second kappa shape index (κ2) is 29.6. The second-order valence-electron chi connectivity index (χ2n) is 8.15. The van der Waals surface area contributed by atoms with Crippen LogP contribution in [0, 0.1) is 0 Å². The average Bonchev–Trinajstić information content (AvgIpc) is 2.76. The van der Waals surface area contributed by atoms with Crippen LogP contribution in [0.15, 0.2) is 24.3 Å². The van der Waals surface area contributed by atoms with E-state index in [1.165, 1.54) is 4.90 Å². The fourth-order valence-electron chi connectivity index (χ4n) is 3.69. The largest absolute Gasteiger partial charge is 1.00 e. The van der Waals surface area contributed by atoms with E-state index in [1.54, 1.807) is 31.2 Å². The molecule has 0 aromatic heterocycles. The van der Waals surface area contributed by atoms with Gasteiger partial charge in [0, 0.05) is 58.4 Å². The summed E-state index contributed by atoms with van der Waals surface area (Å²) in [6, 6.07) is 5.80. The summed E-state index contributed by atoms with van der Waals surface area (Å²) in [5, 5.41) is 55.9. The van der Waals surface area contributed by atoms with Crippen molar-refractivity contribution in [2.45, 2.75) is 19.4 Å². The molecule has 206 valence electrons. The van der Waals surface area contributed by atoms with Crippen LogP contribution in [0.2, 0.25) is 0 Å². The molecule has 0 heterocycles. The molecule has 0 aliphatic carbocycles. The number of carbonyl (C=O) groups excluding carboxylic acids is 5. The van der Waals surface area contributed by atoms with E-state index in [0.29, 0.717) is 17.9 Å². The number of benzene rings is 1. The minimum Gasteiger partial charge on any atom is -0.549 e. The average molecular weight is 637 g/mol. The van der Waals surface area contributed by atoms with Crippen molar-refractivity contribution in [3.63, 3.8) is 0 Å². The molecule has 0 spiro atoms. The number of ether oxygens (including phenoxy) is 1. The van der Waals surface area contributed by atoms with Crippen LogP contribution in [0.25, 0.3) is 0 Å². The molecule has 0 aliphatic rings. The molecule has 0 radical (unpaired) electrons. The van der Waals surface area contributed by atoms with Crippen LogP contribution in [0.3, 0.4) is 0 Å². The fourth-order valence-corrected chi connectivity index (χ4v) is 3.69. The molecule has 0 fully saturated rings. The maximum atomic E-state index is 11.4. The maximum absolute atomic E-state index is 11.4. The van der Waals surface area contributed by atoms with Crippen molar-refractivity contribution in [1.29, 1.82) is 0 Å². The van der Waals surface area contributed by atoms with Crippen molar-refractivity contribution in [3.8, 4) is 5.75 Å². The quantitative estimate of drug-likeness (QED) is 0.121. The Balaban J connectivity index is -0.000000913. The van der Waals surface area contributed by atoms with Gasteiger partial charge in [0.05, 0.1) is 36.5 Å². The molecule has 0 saturated carbocycles. The zero-order chi connectivity index (χ0) is 28.0. The molecule has 0 saturated heterocycles. The Morgan fingerprint density at radius 1 is 0.643 bits per heavy atom. The van der Waals surface area contributed by atoms with Crippen LogP contribution in [-0.4, -0.2) is 110 Å². The molecule has 42 heavy (non-hydrogen) atoms. The van der Waals surface area contributed by atoms with Crippen molar-refractivity contribution in [2.75, 3.05) is 59.0 Å². The molecule has 14 nitrogen and oxygen atoms in total. The molecule has 1 unspecified atom stereocenters. The Morgan fingerprint density at radius 2 is 1.02 bits per heavy atom.